The fraction of sp³-hybridized carbons (Fsp3) is 0.389. The van der Waals surface area contributed by atoms with Gasteiger partial charge in [0, 0.05) is 24.8 Å². The summed E-state index contributed by atoms with van der Waals surface area (Å²) in [6, 6.07) is 9.56. The third-order valence-electron chi connectivity index (χ3n) is 4.14. The van der Waals surface area contributed by atoms with E-state index >= 15 is 0 Å². The van der Waals surface area contributed by atoms with E-state index in [1.54, 1.807) is 6.20 Å². The lowest BCUT2D eigenvalue weighted by molar-refractivity contribution is 0.0950. The van der Waals surface area contributed by atoms with Gasteiger partial charge in [0.25, 0.3) is 5.91 Å². The fourth-order valence-corrected chi connectivity index (χ4v) is 2.72. The van der Waals surface area contributed by atoms with E-state index in [0.29, 0.717) is 12.1 Å². The molecule has 0 aliphatic carbocycles. The van der Waals surface area contributed by atoms with Gasteiger partial charge in [-0.2, -0.15) is 0 Å². The minimum atomic E-state index is -0.0750. The van der Waals surface area contributed by atoms with Crippen molar-refractivity contribution in [2.24, 2.45) is 0 Å². The Morgan fingerprint density at radius 3 is 2.61 bits per heavy atom. The van der Waals surface area contributed by atoms with Crippen molar-refractivity contribution >= 4 is 11.9 Å². The molecule has 0 saturated carbocycles. The Bertz CT molecular complexity index is 663. The van der Waals surface area contributed by atoms with Crippen molar-refractivity contribution in [3.05, 3.63) is 53.3 Å². The van der Waals surface area contributed by atoms with Gasteiger partial charge < -0.3 is 10.2 Å². The van der Waals surface area contributed by atoms with Crippen LogP contribution in [0.15, 0.2) is 36.5 Å². The topological polar surface area (TPSA) is 58.1 Å². The first-order chi connectivity index (χ1) is 11.3. The molecule has 1 N–H and O–H groups in total. The van der Waals surface area contributed by atoms with Gasteiger partial charge in [0.05, 0.1) is 12.2 Å². The summed E-state index contributed by atoms with van der Waals surface area (Å²) < 4.78 is 0. The van der Waals surface area contributed by atoms with E-state index in [1.165, 1.54) is 18.4 Å². The van der Waals surface area contributed by atoms with Crippen LogP contribution in [0, 0.1) is 0 Å². The Morgan fingerprint density at radius 1 is 1.17 bits per heavy atom. The van der Waals surface area contributed by atoms with Crippen molar-refractivity contribution in [2.45, 2.75) is 32.7 Å². The van der Waals surface area contributed by atoms with E-state index in [4.69, 9.17) is 0 Å². The maximum atomic E-state index is 12.2. The van der Waals surface area contributed by atoms with Gasteiger partial charge in [-0.3, -0.25) is 4.79 Å². The molecule has 5 nitrogen and oxygen atoms in total. The number of benzene rings is 1. The lowest BCUT2D eigenvalue weighted by atomic mass is 10.1. The molecule has 23 heavy (non-hydrogen) atoms. The maximum absolute atomic E-state index is 12.2. The lowest BCUT2D eigenvalue weighted by Gasteiger charge is -2.15. The molecule has 1 aliphatic heterocycles. The van der Waals surface area contributed by atoms with Gasteiger partial charge in [-0.15, -0.1) is 0 Å². The summed E-state index contributed by atoms with van der Waals surface area (Å²) in [7, 11) is 0. The first-order valence-corrected chi connectivity index (χ1v) is 8.20. The van der Waals surface area contributed by atoms with E-state index in [0.717, 1.165) is 31.2 Å². The standard InChI is InChI=1S/C18H22N4O/c1-2-14-5-7-15(8-6-14)17(23)20-13-16-9-10-19-18(21-16)22-11-3-4-12-22/h5-10H,2-4,11-13H2,1H3,(H,20,23). The second-order valence-corrected chi connectivity index (χ2v) is 5.78. The van der Waals surface area contributed by atoms with Gasteiger partial charge in [-0.1, -0.05) is 19.1 Å². The minimum absolute atomic E-state index is 0.0750. The Labute approximate surface area is 136 Å². The van der Waals surface area contributed by atoms with Crippen molar-refractivity contribution in [2.75, 3.05) is 18.0 Å². The lowest BCUT2D eigenvalue weighted by Crippen LogP contribution is -2.25. The average Bonchev–Trinajstić information content (AvgIpc) is 3.15. The van der Waals surface area contributed by atoms with Crippen molar-refractivity contribution in [3.63, 3.8) is 0 Å². The van der Waals surface area contributed by atoms with Gasteiger partial charge in [0.2, 0.25) is 5.95 Å². The molecule has 1 aromatic carbocycles. The van der Waals surface area contributed by atoms with Crippen molar-refractivity contribution in [1.82, 2.24) is 15.3 Å². The predicted molar refractivity (Wildman–Crippen MR) is 90.5 cm³/mol. The van der Waals surface area contributed by atoms with Crippen LogP contribution in [-0.4, -0.2) is 29.0 Å². The zero-order valence-corrected chi connectivity index (χ0v) is 13.5. The van der Waals surface area contributed by atoms with Crippen LogP contribution in [0.2, 0.25) is 0 Å². The van der Waals surface area contributed by atoms with Crippen LogP contribution in [0.1, 0.15) is 41.4 Å². The monoisotopic (exact) mass is 310 g/mol. The molecule has 0 radical (unpaired) electrons. The van der Waals surface area contributed by atoms with Crippen LogP contribution >= 0.6 is 0 Å². The third kappa shape index (κ3) is 3.86. The normalized spacial score (nSPS) is 14.0. The van der Waals surface area contributed by atoms with Crippen LogP contribution in [0.5, 0.6) is 0 Å². The van der Waals surface area contributed by atoms with Gasteiger partial charge in [-0.25, -0.2) is 9.97 Å². The Morgan fingerprint density at radius 2 is 1.91 bits per heavy atom. The molecule has 120 valence electrons. The molecular formula is C18H22N4O. The molecule has 0 bridgehead atoms. The SMILES string of the molecule is CCc1ccc(C(=O)NCc2ccnc(N3CCCC3)n2)cc1. The van der Waals surface area contributed by atoms with Crippen molar-refractivity contribution in [1.29, 1.82) is 0 Å². The molecule has 1 fully saturated rings. The summed E-state index contributed by atoms with van der Waals surface area (Å²) in [6.45, 7) is 4.54. The highest BCUT2D eigenvalue weighted by atomic mass is 16.1. The number of carbonyl (C=O) groups is 1. The molecule has 0 atom stereocenters. The highest BCUT2D eigenvalue weighted by Gasteiger charge is 2.15. The second kappa shape index (κ2) is 7.22. The molecule has 3 rings (SSSR count). The molecule has 1 amide bonds. The smallest absolute Gasteiger partial charge is 0.251 e. The summed E-state index contributed by atoms with van der Waals surface area (Å²) in [5, 5.41) is 2.92. The van der Waals surface area contributed by atoms with Crippen LogP contribution in [0.3, 0.4) is 0 Å². The third-order valence-corrected chi connectivity index (χ3v) is 4.14. The number of nitrogens with one attached hydrogen (secondary N) is 1. The number of aryl methyl sites for hydroxylation is 1. The van der Waals surface area contributed by atoms with E-state index in [1.807, 2.05) is 30.3 Å². The van der Waals surface area contributed by atoms with Crippen LogP contribution in [-0.2, 0) is 13.0 Å². The van der Waals surface area contributed by atoms with Gasteiger partial charge >= 0.3 is 0 Å². The fourth-order valence-electron chi connectivity index (χ4n) is 2.72. The van der Waals surface area contributed by atoms with Crippen molar-refractivity contribution in [3.8, 4) is 0 Å². The molecule has 1 aromatic heterocycles. The van der Waals surface area contributed by atoms with E-state index in [9.17, 15) is 4.79 Å². The molecule has 0 spiro atoms. The number of nitrogens with zero attached hydrogens (tertiary/aromatic N) is 3. The highest BCUT2D eigenvalue weighted by Crippen LogP contribution is 2.15. The van der Waals surface area contributed by atoms with Crippen LogP contribution in [0.4, 0.5) is 5.95 Å². The molecular weight excluding hydrogens is 288 g/mol. The number of rotatable bonds is 5. The summed E-state index contributed by atoms with van der Waals surface area (Å²) in [5.74, 6) is 0.690. The minimum Gasteiger partial charge on any atom is -0.346 e. The van der Waals surface area contributed by atoms with Crippen LogP contribution in [0.25, 0.3) is 0 Å². The number of anilines is 1. The largest absolute Gasteiger partial charge is 0.346 e. The van der Waals surface area contributed by atoms with Gasteiger partial charge in [-0.05, 0) is 43.0 Å². The predicted octanol–water partition coefficient (Wildman–Crippen LogP) is 2.57. The van der Waals surface area contributed by atoms with E-state index in [2.05, 4.69) is 27.1 Å². The second-order valence-electron chi connectivity index (χ2n) is 5.78. The number of carbonyl (C=O) groups excluding carboxylic acids is 1. The zero-order chi connectivity index (χ0) is 16.1. The molecule has 5 heteroatoms. The summed E-state index contributed by atoms with van der Waals surface area (Å²) in [5.41, 5.74) is 2.74. The van der Waals surface area contributed by atoms with E-state index < -0.39 is 0 Å². The highest BCUT2D eigenvalue weighted by molar-refractivity contribution is 5.94. The summed E-state index contributed by atoms with van der Waals surface area (Å²) in [6.07, 6.45) is 5.12. The molecule has 0 unspecified atom stereocenters. The maximum Gasteiger partial charge on any atom is 0.251 e. The van der Waals surface area contributed by atoms with Crippen LogP contribution < -0.4 is 10.2 Å². The first kappa shape index (κ1) is 15.5. The Kier molecular flexibility index (Phi) is 4.86. The number of hydrogen-bond donors (Lipinski definition) is 1. The summed E-state index contributed by atoms with van der Waals surface area (Å²) in [4.78, 5) is 23.3. The molecule has 1 aliphatic rings. The van der Waals surface area contributed by atoms with Crippen molar-refractivity contribution < 1.29 is 4.79 Å². The first-order valence-electron chi connectivity index (χ1n) is 8.20. The Balaban J connectivity index is 1.60. The average molecular weight is 310 g/mol. The van der Waals surface area contributed by atoms with Gasteiger partial charge in [0.1, 0.15) is 0 Å². The van der Waals surface area contributed by atoms with Gasteiger partial charge in [0.15, 0.2) is 0 Å². The Hall–Kier alpha value is -2.43. The molecule has 2 aromatic rings. The number of aromatic nitrogens is 2. The summed E-state index contributed by atoms with van der Waals surface area (Å²) >= 11 is 0. The number of amides is 1. The van der Waals surface area contributed by atoms with E-state index in [-0.39, 0.29) is 5.91 Å². The zero-order valence-electron chi connectivity index (χ0n) is 13.5. The number of hydrogen-bond acceptors (Lipinski definition) is 4. The molecule has 2 heterocycles. The molecule has 1 saturated heterocycles. The quantitative estimate of drug-likeness (QED) is 0.922.